The van der Waals surface area contributed by atoms with Gasteiger partial charge in [-0.15, -0.1) is 0 Å². The molecular weight excluding hydrogens is 394 g/mol. The summed E-state index contributed by atoms with van der Waals surface area (Å²) in [6, 6.07) is 12.6. The van der Waals surface area contributed by atoms with E-state index < -0.39 is 0 Å². The molecule has 31 heavy (non-hydrogen) atoms. The van der Waals surface area contributed by atoms with Gasteiger partial charge in [0, 0.05) is 36.2 Å². The molecule has 0 aliphatic rings. The number of hydrogen-bond acceptors (Lipinski definition) is 5. The average molecular weight is 419 g/mol. The van der Waals surface area contributed by atoms with Crippen LogP contribution >= 0.6 is 0 Å². The standard InChI is InChI=1S/C23H25N5O3/c1-13(2)28(10-11-31-3)23(30)14-8-9-16-15(12-14)19(24)20(25-16)21-22(29)27-18-7-5-4-6-17(18)26-21/h4-9,12-13,25H,10-11,24H2,1-3H3,(H,27,29). The first-order valence-corrected chi connectivity index (χ1v) is 10.1. The lowest BCUT2D eigenvalue weighted by Gasteiger charge is -2.26. The molecule has 8 heteroatoms. The second-order valence-corrected chi connectivity index (χ2v) is 7.69. The molecule has 4 rings (SSSR count). The Morgan fingerprint density at radius 2 is 1.94 bits per heavy atom. The Labute approximate surface area is 179 Å². The third-order valence-electron chi connectivity index (χ3n) is 5.34. The minimum absolute atomic E-state index is 0.0258. The van der Waals surface area contributed by atoms with Crippen LogP contribution in [-0.4, -0.2) is 52.1 Å². The van der Waals surface area contributed by atoms with Crippen molar-refractivity contribution in [3.8, 4) is 11.4 Å². The minimum atomic E-state index is -0.334. The van der Waals surface area contributed by atoms with Gasteiger partial charge in [0.25, 0.3) is 11.5 Å². The number of H-pyrrole nitrogens is 2. The van der Waals surface area contributed by atoms with Crippen LogP contribution in [0.5, 0.6) is 0 Å². The lowest BCUT2D eigenvalue weighted by atomic mass is 10.1. The van der Waals surface area contributed by atoms with Gasteiger partial charge in [-0.25, -0.2) is 4.98 Å². The third kappa shape index (κ3) is 3.77. The maximum absolute atomic E-state index is 13.1. The molecule has 0 spiro atoms. The van der Waals surface area contributed by atoms with Crippen LogP contribution in [0.4, 0.5) is 5.69 Å². The number of carbonyl (C=O) groups is 1. The zero-order chi connectivity index (χ0) is 22.1. The Kier molecular flexibility index (Phi) is 5.48. The van der Waals surface area contributed by atoms with E-state index in [0.29, 0.717) is 46.5 Å². The first-order valence-electron chi connectivity index (χ1n) is 10.1. The van der Waals surface area contributed by atoms with Crippen molar-refractivity contribution in [1.29, 1.82) is 0 Å². The fourth-order valence-corrected chi connectivity index (χ4v) is 3.68. The fourth-order valence-electron chi connectivity index (χ4n) is 3.68. The van der Waals surface area contributed by atoms with Crippen molar-refractivity contribution in [2.24, 2.45) is 0 Å². The summed E-state index contributed by atoms with van der Waals surface area (Å²) in [5.41, 5.74) is 9.67. The highest BCUT2D eigenvalue weighted by molar-refractivity contribution is 6.04. The molecule has 2 aromatic carbocycles. The van der Waals surface area contributed by atoms with Gasteiger partial charge in [0.2, 0.25) is 0 Å². The van der Waals surface area contributed by atoms with E-state index >= 15 is 0 Å². The van der Waals surface area contributed by atoms with Crippen molar-refractivity contribution >= 4 is 33.5 Å². The second kappa shape index (κ2) is 8.23. The number of anilines is 1. The molecule has 0 aliphatic heterocycles. The predicted molar refractivity (Wildman–Crippen MR) is 122 cm³/mol. The van der Waals surface area contributed by atoms with Gasteiger partial charge in [0.1, 0.15) is 0 Å². The number of nitrogens with two attached hydrogens (primary N) is 1. The summed E-state index contributed by atoms with van der Waals surface area (Å²) in [5, 5.41) is 0.672. The zero-order valence-electron chi connectivity index (χ0n) is 17.7. The largest absolute Gasteiger partial charge is 0.396 e. The van der Waals surface area contributed by atoms with Gasteiger partial charge < -0.3 is 25.3 Å². The third-order valence-corrected chi connectivity index (χ3v) is 5.34. The van der Waals surface area contributed by atoms with Crippen molar-refractivity contribution in [1.82, 2.24) is 19.9 Å². The minimum Gasteiger partial charge on any atom is -0.396 e. The van der Waals surface area contributed by atoms with Gasteiger partial charge in [-0.05, 0) is 44.2 Å². The lowest BCUT2D eigenvalue weighted by Crippen LogP contribution is -2.39. The Morgan fingerprint density at radius 1 is 1.16 bits per heavy atom. The van der Waals surface area contributed by atoms with Gasteiger partial charge in [-0.2, -0.15) is 0 Å². The average Bonchev–Trinajstić information content (AvgIpc) is 3.08. The summed E-state index contributed by atoms with van der Waals surface area (Å²) in [5.74, 6) is -0.0993. The summed E-state index contributed by atoms with van der Waals surface area (Å²) in [7, 11) is 1.61. The summed E-state index contributed by atoms with van der Waals surface area (Å²) >= 11 is 0. The van der Waals surface area contributed by atoms with Crippen molar-refractivity contribution in [3.05, 3.63) is 58.4 Å². The molecule has 0 unspecified atom stereocenters. The van der Waals surface area contributed by atoms with E-state index in [4.69, 9.17) is 10.5 Å². The molecular formula is C23H25N5O3. The fraction of sp³-hybridized carbons (Fsp3) is 0.261. The summed E-state index contributed by atoms with van der Waals surface area (Å²) in [4.78, 5) is 38.0. The molecule has 0 bridgehead atoms. The number of rotatable bonds is 6. The number of aromatic amines is 2. The summed E-state index contributed by atoms with van der Waals surface area (Å²) in [6.07, 6.45) is 0. The number of nitrogen functional groups attached to an aromatic ring is 1. The van der Waals surface area contributed by atoms with E-state index in [9.17, 15) is 9.59 Å². The van der Waals surface area contributed by atoms with Crippen molar-refractivity contribution in [3.63, 3.8) is 0 Å². The predicted octanol–water partition coefficient (Wildman–Crippen LogP) is 3.15. The number of amides is 1. The number of ether oxygens (including phenoxy) is 1. The SMILES string of the molecule is COCCN(C(=O)c1ccc2[nH]c(-c3nc4ccccc4[nH]c3=O)c(N)c2c1)C(C)C. The van der Waals surface area contributed by atoms with Crippen molar-refractivity contribution < 1.29 is 9.53 Å². The molecule has 8 nitrogen and oxygen atoms in total. The smallest absolute Gasteiger partial charge is 0.276 e. The van der Waals surface area contributed by atoms with E-state index in [2.05, 4.69) is 15.0 Å². The number of para-hydroxylation sites is 2. The van der Waals surface area contributed by atoms with Gasteiger partial charge in [-0.3, -0.25) is 9.59 Å². The van der Waals surface area contributed by atoms with Crippen LogP contribution in [0.25, 0.3) is 33.3 Å². The molecule has 0 radical (unpaired) electrons. The first-order chi connectivity index (χ1) is 14.9. The van der Waals surface area contributed by atoms with E-state index in [1.54, 1.807) is 36.3 Å². The lowest BCUT2D eigenvalue weighted by molar-refractivity contribution is 0.0635. The first kappa shape index (κ1) is 20.6. The van der Waals surface area contributed by atoms with Gasteiger partial charge in [0.05, 0.1) is 29.0 Å². The molecule has 160 valence electrons. The number of nitrogens with one attached hydrogen (secondary N) is 2. The van der Waals surface area contributed by atoms with Crippen LogP contribution in [0.1, 0.15) is 24.2 Å². The Morgan fingerprint density at radius 3 is 2.68 bits per heavy atom. The molecule has 2 aromatic heterocycles. The number of benzene rings is 2. The Hall–Kier alpha value is -3.65. The molecule has 4 aromatic rings. The summed E-state index contributed by atoms with van der Waals surface area (Å²) in [6.45, 7) is 4.88. The Bertz CT molecular complexity index is 1320. The highest BCUT2D eigenvalue weighted by Gasteiger charge is 2.21. The van der Waals surface area contributed by atoms with Crippen molar-refractivity contribution in [2.45, 2.75) is 19.9 Å². The highest BCUT2D eigenvalue weighted by Crippen LogP contribution is 2.31. The zero-order valence-corrected chi connectivity index (χ0v) is 17.7. The van der Waals surface area contributed by atoms with E-state index in [1.807, 2.05) is 32.0 Å². The van der Waals surface area contributed by atoms with Crippen LogP contribution in [0.15, 0.2) is 47.3 Å². The topological polar surface area (TPSA) is 117 Å². The van der Waals surface area contributed by atoms with Gasteiger partial charge in [-0.1, -0.05) is 12.1 Å². The summed E-state index contributed by atoms with van der Waals surface area (Å²) < 4.78 is 5.13. The number of aromatic nitrogens is 3. The quantitative estimate of drug-likeness (QED) is 0.444. The molecule has 0 saturated carbocycles. The van der Waals surface area contributed by atoms with Crippen LogP contribution in [0.3, 0.4) is 0 Å². The number of hydrogen-bond donors (Lipinski definition) is 3. The molecule has 2 heterocycles. The second-order valence-electron chi connectivity index (χ2n) is 7.69. The normalized spacial score (nSPS) is 11.5. The molecule has 0 aliphatic carbocycles. The molecule has 0 fully saturated rings. The Balaban J connectivity index is 1.78. The monoisotopic (exact) mass is 419 g/mol. The molecule has 1 amide bonds. The van der Waals surface area contributed by atoms with Crippen LogP contribution in [0.2, 0.25) is 0 Å². The number of nitrogens with zero attached hydrogens (tertiary/aromatic N) is 2. The number of fused-ring (bicyclic) bond motifs is 2. The number of carbonyl (C=O) groups excluding carboxylic acids is 1. The maximum Gasteiger partial charge on any atom is 0.276 e. The number of methoxy groups -OCH3 is 1. The van der Waals surface area contributed by atoms with Crippen LogP contribution < -0.4 is 11.3 Å². The van der Waals surface area contributed by atoms with Crippen molar-refractivity contribution in [2.75, 3.05) is 26.0 Å². The van der Waals surface area contributed by atoms with Gasteiger partial charge >= 0.3 is 0 Å². The molecule has 0 atom stereocenters. The molecule has 0 saturated heterocycles. The van der Waals surface area contributed by atoms with Crippen LogP contribution in [-0.2, 0) is 4.74 Å². The van der Waals surface area contributed by atoms with Crippen LogP contribution in [0, 0.1) is 0 Å². The highest BCUT2D eigenvalue weighted by atomic mass is 16.5. The van der Waals surface area contributed by atoms with E-state index in [-0.39, 0.29) is 23.2 Å². The van der Waals surface area contributed by atoms with E-state index in [1.165, 1.54) is 0 Å². The molecule has 4 N–H and O–H groups in total. The van der Waals surface area contributed by atoms with Gasteiger partial charge in [0.15, 0.2) is 5.69 Å². The van der Waals surface area contributed by atoms with E-state index in [0.717, 1.165) is 5.52 Å². The maximum atomic E-state index is 13.1.